The van der Waals surface area contributed by atoms with Crippen LogP contribution < -0.4 is 0 Å². The highest BCUT2D eigenvalue weighted by Crippen LogP contribution is 2.32. The lowest BCUT2D eigenvalue weighted by molar-refractivity contribution is 0.197. The van der Waals surface area contributed by atoms with Crippen LogP contribution in [0.15, 0.2) is 0 Å². The van der Waals surface area contributed by atoms with E-state index in [2.05, 4.69) is 60.3 Å². The van der Waals surface area contributed by atoms with E-state index >= 15 is 0 Å². The molecule has 2 aromatic rings. The second-order valence-electron chi connectivity index (χ2n) is 7.41. The van der Waals surface area contributed by atoms with E-state index in [1.807, 2.05) is 6.92 Å². The van der Waals surface area contributed by atoms with E-state index in [-0.39, 0.29) is 0 Å². The summed E-state index contributed by atoms with van der Waals surface area (Å²) in [6.07, 6.45) is 1.02. The van der Waals surface area contributed by atoms with E-state index in [1.165, 1.54) is 0 Å². The number of aromatic nitrogens is 6. The number of aryl methyl sites for hydroxylation is 1. The van der Waals surface area contributed by atoms with Gasteiger partial charge in [0, 0.05) is 31.5 Å². The minimum atomic E-state index is 0.358. The molecule has 8 nitrogen and oxygen atoms in total. The van der Waals surface area contributed by atoms with Crippen molar-refractivity contribution in [2.45, 2.75) is 51.9 Å². The molecule has 24 heavy (non-hydrogen) atoms. The van der Waals surface area contributed by atoms with E-state index in [9.17, 15) is 0 Å². The number of hydrogen-bond donors (Lipinski definition) is 0. The molecule has 0 saturated heterocycles. The van der Waals surface area contributed by atoms with E-state index in [1.54, 1.807) is 0 Å². The molecule has 2 aliphatic heterocycles. The Bertz CT molecular complexity index is 733. The second-order valence-corrected chi connectivity index (χ2v) is 7.41. The van der Waals surface area contributed by atoms with E-state index in [4.69, 9.17) is 0 Å². The lowest BCUT2D eigenvalue weighted by atomic mass is 9.93. The summed E-state index contributed by atoms with van der Waals surface area (Å²) in [7, 11) is 4.29. The lowest BCUT2D eigenvalue weighted by Crippen LogP contribution is -2.36. The van der Waals surface area contributed by atoms with Gasteiger partial charge in [0.1, 0.15) is 23.3 Å². The molecule has 4 heterocycles. The molecule has 0 aliphatic carbocycles. The zero-order chi connectivity index (χ0) is 16.8. The van der Waals surface area contributed by atoms with Crippen molar-refractivity contribution in [1.29, 1.82) is 0 Å². The van der Waals surface area contributed by atoms with Crippen LogP contribution in [0.5, 0.6) is 0 Å². The van der Waals surface area contributed by atoms with Gasteiger partial charge in [-0.05, 0) is 27.4 Å². The molecule has 0 spiro atoms. The first kappa shape index (κ1) is 15.7. The standard InChI is InChI=1S/C16H26N8/c1-11(15-19-18-14-9-21(3)5-6-23(14)15)7-13-8-22(4)10-24-12(2)17-20-16(13)24/h11,13H,5-10H2,1-4H3. The van der Waals surface area contributed by atoms with Crippen LogP contribution in [-0.4, -0.2) is 66.5 Å². The molecule has 2 aliphatic rings. The highest BCUT2D eigenvalue weighted by molar-refractivity contribution is 5.09. The molecule has 4 rings (SSSR count). The molecule has 0 radical (unpaired) electrons. The van der Waals surface area contributed by atoms with Crippen LogP contribution in [-0.2, 0) is 19.8 Å². The molecule has 0 N–H and O–H groups in total. The molecule has 130 valence electrons. The van der Waals surface area contributed by atoms with Crippen LogP contribution >= 0.6 is 0 Å². The average Bonchev–Trinajstić information content (AvgIpc) is 3.11. The third kappa shape index (κ3) is 2.63. The normalized spacial score (nSPS) is 23.1. The number of fused-ring (bicyclic) bond motifs is 2. The SMILES string of the molecule is Cc1nnc2n1CN(C)CC2CC(C)c1nnc2n1CCN(C)C2. The zero-order valence-corrected chi connectivity index (χ0v) is 15.0. The molecular weight excluding hydrogens is 304 g/mol. The van der Waals surface area contributed by atoms with Gasteiger partial charge >= 0.3 is 0 Å². The molecule has 2 unspecified atom stereocenters. The zero-order valence-electron chi connectivity index (χ0n) is 15.0. The Labute approximate surface area is 142 Å². The van der Waals surface area contributed by atoms with Gasteiger partial charge in [0.25, 0.3) is 0 Å². The molecule has 0 saturated carbocycles. The first-order valence-electron chi connectivity index (χ1n) is 8.71. The Morgan fingerprint density at radius 2 is 1.88 bits per heavy atom. The van der Waals surface area contributed by atoms with Gasteiger partial charge < -0.3 is 9.13 Å². The van der Waals surface area contributed by atoms with Crippen LogP contribution in [0.3, 0.4) is 0 Å². The number of likely N-dealkylation sites (N-methyl/N-ethyl adjacent to an activating group) is 2. The Morgan fingerprint density at radius 3 is 2.71 bits per heavy atom. The van der Waals surface area contributed by atoms with Gasteiger partial charge in [0.15, 0.2) is 0 Å². The summed E-state index contributed by atoms with van der Waals surface area (Å²) in [4.78, 5) is 4.63. The molecule has 2 aromatic heterocycles. The van der Waals surface area contributed by atoms with Gasteiger partial charge in [-0.25, -0.2) is 0 Å². The molecule has 0 amide bonds. The maximum atomic E-state index is 4.51. The largest absolute Gasteiger partial charge is 0.312 e. The maximum Gasteiger partial charge on any atom is 0.147 e. The number of nitrogens with zero attached hydrogens (tertiary/aromatic N) is 8. The highest BCUT2D eigenvalue weighted by Gasteiger charge is 2.30. The van der Waals surface area contributed by atoms with Gasteiger partial charge in [0.2, 0.25) is 0 Å². The predicted octanol–water partition coefficient (Wildman–Crippen LogP) is 0.804. The van der Waals surface area contributed by atoms with Crippen LogP contribution in [0.1, 0.15) is 48.5 Å². The summed E-state index contributed by atoms with van der Waals surface area (Å²) in [5.41, 5.74) is 0. The number of rotatable bonds is 3. The van der Waals surface area contributed by atoms with Gasteiger partial charge in [-0.1, -0.05) is 6.92 Å². The second kappa shape index (κ2) is 5.93. The van der Waals surface area contributed by atoms with Crippen LogP contribution in [0.2, 0.25) is 0 Å². The van der Waals surface area contributed by atoms with Crippen molar-refractivity contribution < 1.29 is 0 Å². The monoisotopic (exact) mass is 330 g/mol. The average molecular weight is 330 g/mol. The molecule has 2 atom stereocenters. The molecule has 0 bridgehead atoms. The van der Waals surface area contributed by atoms with Crippen molar-refractivity contribution in [3.8, 4) is 0 Å². The fourth-order valence-electron chi connectivity index (χ4n) is 4.01. The third-order valence-electron chi connectivity index (χ3n) is 5.30. The molecule has 8 heteroatoms. The number of hydrogen-bond acceptors (Lipinski definition) is 6. The Morgan fingerprint density at radius 1 is 1.04 bits per heavy atom. The minimum absolute atomic E-state index is 0.358. The van der Waals surface area contributed by atoms with Crippen molar-refractivity contribution in [2.24, 2.45) is 0 Å². The van der Waals surface area contributed by atoms with Crippen molar-refractivity contribution >= 4 is 0 Å². The van der Waals surface area contributed by atoms with Gasteiger partial charge in [0.05, 0.1) is 13.2 Å². The fraction of sp³-hybridized carbons (Fsp3) is 0.750. The maximum absolute atomic E-state index is 4.51. The van der Waals surface area contributed by atoms with Crippen LogP contribution in [0.4, 0.5) is 0 Å². The van der Waals surface area contributed by atoms with Crippen molar-refractivity contribution in [3.05, 3.63) is 23.3 Å². The van der Waals surface area contributed by atoms with Crippen molar-refractivity contribution in [2.75, 3.05) is 27.2 Å². The Hall–Kier alpha value is -1.80. The summed E-state index contributed by atoms with van der Waals surface area (Å²) in [6.45, 7) is 9.12. The Balaban J connectivity index is 1.56. The summed E-state index contributed by atoms with van der Waals surface area (Å²) in [6, 6.07) is 0. The van der Waals surface area contributed by atoms with Gasteiger partial charge in [-0.2, -0.15) is 0 Å². The summed E-state index contributed by atoms with van der Waals surface area (Å²) >= 11 is 0. The van der Waals surface area contributed by atoms with Crippen molar-refractivity contribution in [1.82, 2.24) is 39.3 Å². The first-order chi connectivity index (χ1) is 11.5. The summed E-state index contributed by atoms with van der Waals surface area (Å²) in [5, 5.41) is 17.6. The summed E-state index contributed by atoms with van der Waals surface area (Å²) < 4.78 is 4.54. The fourth-order valence-corrected chi connectivity index (χ4v) is 4.01. The highest BCUT2D eigenvalue weighted by atomic mass is 15.4. The van der Waals surface area contributed by atoms with Gasteiger partial charge in [-0.15, -0.1) is 20.4 Å². The quantitative estimate of drug-likeness (QED) is 0.829. The minimum Gasteiger partial charge on any atom is -0.312 e. The van der Waals surface area contributed by atoms with Gasteiger partial charge in [-0.3, -0.25) is 9.80 Å². The smallest absolute Gasteiger partial charge is 0.147 e. The molecular formula is C16H26N8. The van der Waals surface area contributed by atoms with E-state index in [0.717, 1.165) is 62.6 Å². The predicted molar refractivity (Wildman–Crippen MR) is 89.5 cm³/mol. The Kier molecular flexibility index (Phi) is 3.88. The molecule has 0 aromatic carbocycles. The van der Waals surface area contributed by atoms with Crippen LogP contribution in [0.25, 0.3) is 0 Å². The summed E-state index contributed by atoms with van der Waals surface area (Å²) in [5.74, 6) is 5.07. The molecule has 0 fully saturated rings. The topological polar surface area (TPSA) is 67.9 Å². The van der Waals surface area contributed by atoms with E-state index in [0.29, 0.717) is 11.8 Å². The third-order valence-corrected chi connectivity index (χ3v) is 5.30. The van der Waals surface area contributed by atoms with Crippen LogP contribution in [0, 0.1) is 6.92 Å². The van der Waals surface area contributed by atoms with E-state index < -0.39 is 0 Å². The van der Waals surface area contributed by atoms with Crippen molar-refractivity contribution in [3.63, 3.8) is 0 Å². The lowest BCUT2D eigenvalue weighted by Gasteiger charge is -2.32. The first-order valence-corrected chi connectivity index (χ1v) is 8.71.